The molecular formula is C20H23BrN2O2S. The van der Waals surface area contributed by atoms with Gasteiger partial charge in [0, 0.05) is 11.3 Å². The fourth-order valence-electron chi connectivity index (χ4n) is 2.37. The van der Waals surface area contributed by atoms with E-state index in [4.69, 9.17) is 17.0 Å². The molecule has 4 nitrogen and oxygen atoms in total. The minimum Gasteiger partial charge on any atom is -0.492 e. The van der Waals surface area contributed by atoms with Gasteiger partial charge in [0.15, 0.2) is 5.11 Å². The fraction of sp³-hybridized carbons (Fsp3) is 0.300. The molecule has 0 aliphatic heterocycles. The number of rotatable bonds is 6. The van der Waals surface area contributed by atoms with E-state index in [0.717, 1.165) is 34.3 Å². The molecule has 138 valence electrons. The number of anilines is 1. The largest absolute Gasteiger partial charge is 0.492 e. The number of carbonyl (C=O) groups is 1. The predicted molar refractivity (Wildman–Crippen MR) is 114 cm³/mol. The van der Waals surface area contributed by atoms with Crippen LogP contribution in [0, 0.1) is 13.8 Å². The molecule has 0 aliphatic carbocycles. The summed E-state index contributed by atoms with van der Waals surface area (Å²) >= 11 is 8.70. The second kappa shape index (κ2) is 9.69. The molecular weight excluding hydrogens is 412 g/mol. The average Bonchev–Trinajstić information content (AvgIpc) is 2.59. The quantitative estimate of drug-likeness (QED) is 0.473. The van der Waals surface area contributed by atoms with Crippen LogP contribution in [-0.2, 0) is 0 Å². The average molecular weight is 435 g/mol. The highest BCUT2D eigenvalue weighted by molar-refractivity contribution is 9.10. The van der Waals surface area contributed by atoms with Gasteiger partial charge in [-0.1, -0.05) is 31.0 Å². The number of halogens is 1. The van der Waals surface area contributed by atoms with Crippen molar-refractivity contribution in [2.24, 2.45) is 0 Å². The molecule has 1 amide bonds. The molecule has 0 heterocycles. The number of hydrogen-bond acceptors (Lipinski definition) is 3. The molecule has 0 saturated heterocycles. The Kier molecular flexibility index (Phi) is 7.60. The van der Waals surface area contributed by atoms with Crippen LogP contribution in [0.2, 0.25) is 0 Å². The molecule has 2 N–H and O–H groups in total. The van der Waals surface area contributed by atoms with Crippen LogP contribution in [0.25, 0.3) is 0 Å². The minimum absolute atomic E-state index is 0.265. The number of hydrogen-bond donors (Lipinski definition) is 2. The van der Waals surface area contributed by atoms with E-state index in [0.29, 0.717) is 12.2 Å². The van der Waals surface area contributed by atoms with E-state index in [1.807, 2.05) is 26.0 Å². The molecule has 0 saturated carbocycles. The van der Waals surface area contributed by atoms with E-state index in [9.17, 15) is 4.79 Å². The van der Waals surface area contributed by atoms with Gasteiger partial charge < -0.3 is 10.1 Å². The van der Waals surface area contributed by atoms with Crippen molar-refractivity contribution < 1.29 is 9.53 Å². The second-order valence-corrected chi connectivity index (χ2v) is 7.34. The lowest BCUT2D eigenvalue weighted by atomic mass is 10.1. The Labute approximate surface area is 168 Å². The molecule has 0 bridgehead atoms. The smallest absolute Gasteiger partial charge is 0.257 e. The van der Waals surface area contributed by atoms with Crippen molar-refractivity contribution in [1.29, 1.82) is 0 Å². The van der Waals surface area contributed by atoms with Gasteiger partial charge in [-0.3, -0.25) is 10.1 Å². The van der Waals surface area contributed by atoms with Gasteiger partial charge >= 0.3 is 0 Å². The van der Waals surface area contributed by atoms with Crippen LogP contribution >= 0.6 is 28.1 Å². The number of benzene rings is 2. The van der Waals surface area contributed by atoms with Crippen molar-refractivity contribution in [3.05, 3.63) is 57.6 Å². The lowest BCUT2D eigenvalue weighted by Crippen LogP contribution is -2.34. The highest BCUT2D eigenvalue weighted by Gasteiger charge is 2.11. The molecule has 0 radical (unpaired) electrons. The number of carbonyl (C=O) groups excluding carboxylic acids is 1. The lowest BCUT2D eigenvalue weighted by molar-refractivity contribution is 0.0977. The third kappa shape index (κ3) is 5.81. The Hall–Kier alpha value is -1.92. The SMILES string of the molecule is CCCCOc1ccc(C(=O)NC(=S)Nc2ccc(C)cc2C)cc1Br. The monoisotopic (exact) mass is 434 g/mol. The number of amides is 1. The van der Waals surface area contributed by atoms with E-state index in [2.05, 4.69) is 39.6 Å². The third-order valence-corrected chi connectivity index (χ3v) is 4.63. The summed E-state index contributed by atoms with van der Waals surface area (Å²) in [4.78, 5) is 12.4. The van der Waals surface area contributed by atoms with E-state index < -0.39 is 0 Å². The first-order valence-corrected chi connectivity index (χ1v) is 9.72. The topological polar surface area (TPSA) is 50.4 Å². The van der Waals surface area contributed by atoms with Gasteiger partial charge in [0.25, 0.3) is 5.91 Å². The highest BCUT2D eigenvalue weighted by Crippen LogP contribution is 2.26. The Morgan fingerprint density at radius 2 is 1.96 bits per heavy atom. The molecule has 0 unspecified atom stereocenters. The van der Waals surface area contributed by atoms with Crippen LogP contribution in [0.15, 0.2) is 40.9 Å². The molecule has 2 aromatic carbocycles. The first-order chi connectivity index (χ1) is 12.4. The van der Waals surface area contributed by atoms with Gasteiger partial charge in [-0.15, -0.1) is 0 Å². The van der Waals surface area contributed by atoms with E-state index in [1.54, 1.807) is 18.2 Å². The second-order valence-electron chi connectivity index (χ2n) is 6.07. The van der Waals surface area contributed by atoms with Crippen molar-refractivity contribution in [3.63, 3.8) is 0 Å². The zero-order valence-corrected chi connectivity index (χ0v) is 17.6. The maximum atomic E-state index is 12.4. The van der Waals surface area contributed by atoms with Gasteiger partial charge in [0.05, 0.1) is 11.1 Å². The van der Waals surface area contributed by atoms with Gasteiger partial charge in [0.1, 0.15) is 5.75 Å². The molecule has 6 heteroatoms. The number of ether oxygens (including phenoxy) is 1. The summed E-state index contributed by atoms with van der Waals surface area (Å²) in [5.41, 5.74) is 3.62. The number of thiocarbonyl (C=S) groups is 1. The molecule has 26 heavy (non-hydrogen) atoms. The van der Waals surface area contributed by atoms with Crippen molar-refractivity contribution >= 4 is 44.9 Å². The highest BCUT2D eigenvalue weighted by atomic mass is 79.9. The summed E-state index contributed by atoms with van der Waals surface area (Å²) in [7, 11) is 0. The molecule has 2 rings (SSSR count). The predicted octanol–water partition coefficient (Wildman–Crippen LogP) is 5.37. The van der Waals surface area contributed by atoms with Gasteiger partial charge in [-0.2, -0.15) is 0 Å². The van der Waals surface area contributed by atoms with Gasteiger partial charge in [-0.25, -0.2) is 0 Å². The fourth-order valence-corrected chi connectivity index (χ4v) is 3.06. The first-order valence-electron chi connectivity index (χ1n) is 8.52. The van der Waals surface area contributed by atoms with Crippen LogP contribution < -0.4 is 15.4 Å². The zero-order valence-electron chi connectivity index (χ0n) is 15.2. The summed E-state index contributed by atoms with van der Waals surface area (Å²) < 4.78 is 6.42. The molecule has 0 aromatic heterocycles. The van der Waals surface area contributed by atoms with Crippen LogP contribution in [0.4, 0.5) is 5.69 Å². The molecule has 0 atom stereocenters. The number of nitrogens with one attached hydrogen (secondary N) is 2. The first kappa shape index (κ1) is 20.4. The van der Waals surface area contributed by atoms with Crippen molar-refractivity contribution in [2.75, 3.05) is 11.9 Å². The van der Waals surface area contributed by atoms with Crippen molar-refractivity contribution in [3.8, 4) is 5.75 Å². The Morgan fingerprint density at radius 1 is 1.19 bits per heavy atom. The summed E-state index contributed by atoms with van der Waals surface area (Å²) in [5, 5.41) is 6.03. The van der Waals surface area contributed by atoms with Gasteiger partial charge in [-0.05, 0) is 78.2 Å². The van der Waals surface area contributed by atoms with E-state index in [-0.39, 0.29) is 11.0 Å². The van der Waals surface area contributed by atoms with Crippen LogP contribution in [0.5, 0.6) is 5.75 Å². The number of aryl methyl sites for hydroxylation is 2. The van der Waals surface area contributed by atoms with Crippen molar-refractivity contribution in [2.45, 2.75) is 33.6 Å². The maximum Gasteiger partial charge on any atom is 0.257 e. The summed E-state index contributed by atoms with van der Waals surface area (Å²) in [6.45, 7) is 6.80. The van der Waals surface area contributed by atoms with E-state index >= 15 is 0 Å². The summed E-state index contributed by atoms with van der Waals surface area (Å²) in [5.74, 6) is 0.457. The van der Waals surface area contributed by atoms with E-state index in [1.165, 1.54) is 5.56 Å². The molecule has 0 aliphatic rings. The zero-order chi connectivity index (χ0) is 19.1. The Balaban J connectivity index is 1.98. The third-order valence-electron chi connectivity index (χ3n) is 3.81. The van der Waals surface area contributed by atoms with Crippen molar-refractivity contribution in [1.82, 2.24) is 5.32 Å². The van der Waals surface area contributed by atoms with Crippen LogP contribution in [0.1, 0.15) is 41.3 Å². The lowest BCUT2D eigenvalue weighted by Gasteiger charge is -2.13. The van der Waals surface area contributed by atoms with Gasteiger partial charge in [0.2, 0.25) is 0 Å². The summed E-state index contributed by atoms with van der Waals surface area (Å²) in [6.07, 6.45) is 2.07. The summed E-state index contributed by atoms with van der Waals surface area (Å²) in [6, 6.07) is 11.2. The van der Waals surface area contributed by atoms with Crippen LogP contribution in [-0.4, -0.2) is 17.6 Å². The van der Waals surface area contributed by atoms with Crippen LogP contribution in [0.3, 0.4) is 0 Å². The molecule has 0 spiro atoms. The minimum atomic E-state index is -0.270. The standard InChI is InChI=1S/C20H23BrN2O2S/c1-4-5-10-25-18-9-7-15(12-16(18)21)19(24)23-20(26)22-17-8-6-13(2)11-14(17)3/h6-9,11-12H,4-5,10H2,1-3H3,(H2,22,23,24,26). The Morgan fingerprint density at radius 3 is 2.62 bits per heavy atom. The Bertz CT molecular complexity index is 808. The number of unbranched alkanes of at least 4 members (excludes halogenated alkanes) is 1. The molecule has 2 aromatic rings. The molecule has 0 fully saturated rings. The maximum absolute atomic E-state index is 12.4. The normalized spacial score (nSPS) is 10.3.